The average molecular weight is 436 g/mol. The zero-order chi connectivity index (χ0) is 23.4. The highest BCUT2D eigenvalue weighted by molar-refractivity contribution is 6.07. The van der Waals surface area contributed by atoms with Crippen LogP contribution in [0.1, 0.15) is 54.9 Å². The third-order valence-electron chi connectivity index (χ3n) is 5.47. The number of benzene rings is 2. The lowest BCUT2D eigenvalue weighted by molar-refractivity contribution is 0.0592. The summed E-state index contributed by atoms with van der Waals surface area (Å²) in [4.78, 5) is 43.2. The second-order valence-electron chi connectivity index (χ2n) is 7.58. The molecule has 7 heteroatoms. The number of esters is 1. The topological polar surface area (TPSA) is 79.5 Å². The number of nitrogens with zero attached hydrogens (tertiary/aromatic N) is 1. The Balaban J connectivity index is 1.99. The molecule has 1 N–H and O–H groups in total. The van der Waals surface area contributed by atoms with Gasteiger partial charge in [0.2, 0.25) is 0 Å². The fraction of sp³-hybridized carbons (Fsp3) is 0.240. The first-order valence-corrected chi connectivity index (χ1v) is 10.2. The molecule has 6 nitrogen and oxygen atoms in total. The van der Waals surface area contributed by atoms with E-state index in [9.17, 15) is 18.8 Å². The average Bonchev–Trinajstić information content (AvgIpc) is 3.11. The number of halogens is 1. The number of hydrogen-bond donors (Lipinski definition) is 1. The van der Waals surface area contributed by atoms with Gasteiger partial charge in [0.1, 0.15) is 11.5 Å². The molecule has 3 rings (SSSR count). The summed E-state index contributed by atoms with van der Waals surface area (Å²) in [5, 5.41) is 0. The molecule has 0 aliphatic carbocycles. The van der Waals surface area contributed by atoms with Crippen LogP contribution in [0.2, 0.25) is 0 Å². The molecule has 0 saturated carbocycles. The Morgan fingerprint density at radius 2 is 1.66 bits per heavy atom. The largest absolute Gasteiger partial charge is 0.464 e. The highest BCUT2D eigenvalue weighted by Crippen LogP contribution is 2.24. The Labute approximate surface area is 186 Å². The first-order chi connectivity index (χ1) is 15.2. The molecule has 0 bridgehead atoms. The van der Waals surface area contributed by atoms with Gasteiger partial charge in [-0.1, -0.05) is 30.3 Å². The van der Waals surface area contributed by atoms with Gasteiger partial charge in [-0.3, -0.25) is 9.59 Å². The molecule has 2 aromatic carbocycles. The van der Waals surface area contributed by atoms with E-state index in [-0.39, 0.29) is 29.7 Å². The van der Waals surface area contributed by atoms with Gasteiger partial charge in [-0.25, -0.2) is 9.18 Å². The summed E-state index contributed by atoms with van der Waals surface area (Å²) in [6.45, 7) is 5.13. The van der Waals surface area contributed by atoms with Crippen LogP contribution in [0.4, 0.5) is 4.39 Å². The number of hydrogen-bond acceptors (Lipinski definition) is 4. The lowest BCUT2D eigenvalue weighted by atomic mass is 9.98. The quantitative estimate of drug-likeness (QED) is 0.438. The van der Waals surface area contributed by atoms with E-state index in [4.69, 9.17) is 4.74 Å². The van der Waals surface area contributed by atoms with Crippen molar-refractivity contribution in [2.45, 2.75) is 33.4 Å². The van der Waals surface area contributed by atoms with Crippen LogP contribution in [0, 0.1) is 19.7 Å². The van der Waals surface area contributed by atoms with Crippen molar-refractivity contribution in [1.82, 2.24) is 9.88 Å². The molecule has 0 aliphatic rings. The summed E-state index contributed by atoms with van der Waals surface area (Å²) in [6, 6.07) is 13.6. The van der Waals surface area contributed by atoms with Crippen LogP contribution >= 0.6 is 0 Å². The van der Waals surface area contributed by atoms with Crippen molar-refractivity contribution in [3.8, 4) is 0 Å². The lowest BCUT2D eigenvalue weighted by Crippen LogP contribution is -2.43. The number of ether oxygens (including phenoxy) is 1. The van der Waals surface area contributed by atoms with Crippen molar-refractivity contribution in [3.63, 3.8) is 0 Å². The van der Waals surface area contributed by atoms with E-state index >= 15 is 0 Å². The lowest BCUT2D eigenvalue weighted by Gasteiger charge is -2.29. The van der Waals surface area contributed by atoms with Crippen molar-refractivity contribution in [2.24, 2.45) is 0 Å². The maximum Gasteiger partial charge on any atom is 0.354 e. The van der Waals surface area contributed by atoms with E-state index < -0.39 is 12.0 Å². The zero-order valence-corrected chi connectivity index (χ0v) is 18.4. The minimum absolute atomic E-state index is 0.118. The van der Waals surface area contributed by atoms with Crippen molar-refractivity contribution in [2.75, 3.05) is 7.11 Å². The van der Waals surface area contributed by atoms with Gasteiger partial charge in [-0.15, -0.1) is 0 Å². The van der Waals surface area contributed by atoms with Crippen LogP contribution in [0.5, 0.6) is 0 Å². The van der Waals surface area contributed by atoms with Crippen molar-refractivity contribution in [1.29, 1.82) is 0 Å². The Bertz CT molecular complexity index is 1140. The number of nitrogens with one attached hydrogen (secondary N) is 1. The van der Waals surface area contributed by atoms with Crippen LogP contribution in [0.25, 0.3) is 0 Å². The predicted octanol–water partition coefficient (Wildman–Crippen LogP) is 4.47. The monoisotopic (exact) mass is 436 g/mol. The molecule has 32 heavy (non-hydrogen) atoms. The predicted molar refractivity (Wildman–Crippen MR) is 118 cm³/mol. The molecule has 0 aliphatic heterocycles. The third kappa shape index (κ3) is 4.61. The number of Topliss-reactive ketones (excluding diaryl/α,β-unsaturated/α-hetero) is 1. The highest BCUT2D eigenvalue weighted by atomic mass is 19.1. The van der Waals surface area contributed by atoms with E-state index in [1.165, 1.54) is 24.1 Å². The van der Waals surface area contributed by atoms with Gasteiger partial charge in [0.25, 0.3) is 5.91 Å². The summed E-state index contributed by atoms with van der Waals surface area (Å²) < 4.78 is 18.1. The van der Waals surface area contributed by atoms with Gasteiger partial charge in [-0.05, 0) is 56.2 Å². The molecule has 1 heterocycles. The molecule has 3 aromatic rings. The number of amides is 1. The van der Waals surface area contributed by atoms with Crippen molar-refractivity contribution >= 4 is 17.7 Å². The van der Waals surface area contributed by atoms with Gasteiger partial charge in [-0.2, -0.15) is 0 Å². The van der Waals surface area contributed by atoms with Gasteiger partial charge < -0.3 is 14.6 Å². The normalized spacial score (nSPS) is 11.7. The Morgan fingerprint density at radius 3 is 2.25 bits per heavy atom. The van der Waals surface area contributed by atoms with Crippen molar-refractivity contribution in [3.05, 3.63) is 94.1 Å². The molecular formula is C25H25FN2O4. The Morgan fingerprint density at radius 1 is 1.03 bits per heavy atom. The van der Waals surface area contributed by atoms with E-state index in [0.717, 1.165) is 0 Å². The van der Waals surface area contributed by atoms with Crippen LogP contribution in [-0.4, -0.2) is 40.7 Å². The summed E-state index contributed by atoms with van der Waals surface area (Å²) in [7, 11) is 1.27. The number of rotatable bonds is 7. The number of carbonyl (C=O) groups excluding carboxylic acids is 3. The van der Waals surface area contributed by atoms with Crippen LogP contribution in [0.3, 0.4) is 0 Å². The number of methoxy groups -OCH3 is 1. The second kappa shape index (κ2) is 9.60. The summed E-state index contributed by atoms with van der Waals surface area (Å²) >= 11 is 0. The van der Waals surface area contributed by atoms with Crippen LogP contribution in [0.15, 0.2) is 54.6 Å². The molecule has 0 spiro atoms. The molecule has 1 amide bonds. The molecule has 1 aromatic heterocycles. The first kappa shape index (κ1) is 22.9. The van der Waals surface area contributed by atoms with Crippen LogP contribution in [-0.2, 0) is 11.3 Å². The number of ketones is 1. The van der Waals surface area contributed by atoms with E-state index in [2.05, 4.69) is 4.98 Å². The number of aryl methyl sites for hydroxylation is 1. The Kier molecular flexibility index (Phi) is 6.88. The van der Waals surface area contributed by atoms with Gasteiger partial charge in [0.05, 0.1) is 13.2 Å². The second-order valence-corrected chi connectivity index (χ2v) is 7.58. The summed E-state index contributed by atoms with van der Waals surface area (Å²) in [6.07, 6.45) is 0. The smallest absolute Gasteiger partial charge is 0.354 e. The van der Waals surface area contributed by atoms with Gasteiger partial charge >= 0.3 is 5.97 Å². The molecule has 1 atom stereocenters. The van der Waals surface area contributed by atoms with E-state index in [0.29, 0.717) is 27.9 Å². The third-order valence-corrected chi connectivity index (χ3v) is 5.47. The molecule has 166 valence electrons. The maximum absolute atomic E-state index is 13.5. The van der Waals surface area contributed by atoms with Crippen molar-refractivity contribution < 1.29 is 23.5 Å². The molecule has 0 fully saturated rings. The fourth-order valence-corrected chi connectivity index (χ4v) is 3.69. The Hall–Kier alpha value is -3.74. The first-order valence-electron chi connectivity index (χ1n) is 10.2. The van der Waals surface area contributed by atoms with E-state index in [1.807, 2.05) is 0 Å². The number of aromatic nitrogens is 1. The highest BCUT2D eigenvalue weighted by Gasteiger charge is 2.31. The molecular weight excluding hydrogens is 411 g/mol. The number of aromatic amines is 1. The van der Waals surface area contributed by atoms with Gasteiger partial charge in [0.15, 0.2) is 5.78 Å². The fourth-order valence-electron chi connectivity index (χ4n) is 3.69. The molecule has 0 unspecified atom stereocenters. The zero-order valence-electron chi connectivity index (χ0n) is 18.4. The molecule has 0 saturated heterocycles. The maximum atomic E-state index is 13.5. The SMILES string of the molecule is COC(=O)c1[nH]c(C)c(C(=O)[C@@H](C)N(Cc2ccc(F)cc2)C(=O)c2ccccc2)c1C. The summed E-state index contributed by atoms with van der Waals surface area (Å²) in [5.74, 6) is -1.58. The number of carbonyl (C=O) groups is 3. The number of H-pyrrole nitrogens is 1. The minimum Gasteiger partial charge on any atom is -0.464 e. The van der Waals surface area contributed by atoms with Gasteiger partial charge in [0, 0.05) is 23.4 Å². The molecule has 0 radical (unpaired) electrons. The standard InChI is InChI=1S/C25H25FN2O4/c1-15-21(16(2)27-22(15)25(31)32-4)23(29)17(3)28(14-18-10-12-20(26)13-11-18)24(30)19-8-6-5-7-9-19/h5-13,17,27H,14H2,1-4H3/t17-/m1/s1. The van der Waals surface area contributed by atoms with E-state index in [1.54, 1.807) is 63.2 Å². The van der Waals surface area contributed by atoms with Crippen LogP contribution < -0.4 is 0 Å². The summed E-state index contributed by atoms with van der Waals surface area (Å²) in [5.41, 5.74) is 2.68. The minimum atomic E-state index is -0.841.